The van der Waals surface area contributed by atoms with Crippen LogP contribution in [-0.2, 0) is 0 Å². The van der Waals surface area contributed by atoms with Gasteiger partial charge in [-0.05, 0) is 30.3 Å². The standard InChI is InChI=1S/C12H9FN2O/c1-8(16)12-14-7-6-11(15-12)9-2-4-10(13)5-3-9/h2-7H,1H3. The fourth-order valence-corrected chi connectivity index (χ4v) is 1.31. The Balaban J connectivity index is 2.44. The van der Waals surface area contributed by atoms with Gasteiger partial charge >= 0.3 is 0 Å². The van der Waals surface area contributed by atoms with Crippen molar-refractivity contribution in [1.29, 1.82) is 0 Å². The molecule has 0 saturated carbocycles. The van der Waals surface area contributed by atoms with Gasteiger partial charge in [-0.2, -0.15) is 0 Å². The third-order valence-electron chi connectivity index (χ3n) is 2.11. The molecule has 4 heteroatoms. The van der Waals surface area contributed by atoms with E-state index in [0.29, 0.717) is 5.69 Å². The van der Waals surface area contributed by atoms with Crippen molar-refractivity contribution in [3.8, 4) is 11.3 Å². The first kappa shape index (κ1) is 10.4. The molecule has 16 heavy (non-hydrogen) atoms. The van der Waals surface area contributed by atoms with Gasteiger partial charge in [-0.25, -0.2) is 14.4 Å². The number of benzene rings is 1. The Labute approximate surface area is 92.0 Å². The molecule has 0 fully saturated rings. The molecule has 0 aliphatic heterocycles. The molecule has 1 aromatic heterocycles. The molecule has 0 spiro atoms. The number of carbonyl (C=O) groups is 1. The second-order valence-electron chi connectivity index (χ2n) is 3.33. The van der Waals surface area contributed by atoms with E-state index < -0.39 is 0 Å². The van der Waals surface area contributed by atoms with Crippen LogP contribution in [0.3, 0.4) is 0 Å². The number of hydrogen-bond acceptors (Lipinski definition) is 3. The smallest absolute Gasteiger partial charge is 0.196 e. The summed E-state index contributed by atoms with van der Waals surface area (Å²) in [6, 6.07) is 7.61. The lowest BCUT2D eigenvalue weighted by molar-refractivity contribution is 0.100. The molecule has 0 radical (unpaired) electrons. The molecule has 0 N–H and O–H groups in total. The summed E-state index contributed by atoms with van der Waals surface area (Å²) < 4.78 is 12.7. The van der Waals surface area contributed by atoms with Crippen LogP contribution in [0.4, 0.5) is 4.39 Å². The number of ketones is 1. The minimum absolute atomic E-state index is 0.168. The van der Waals surface area contributed by atoms with E-state index in [-0.39, 0.29) is 17.4 Å². The number of Topliss-reactive ketones (excluding diaryl/α,β-unsaturated/α-hetero) is 1. The summed E-state index contributed by atoms with van der Waals surface area (Å²) in [4.78, 5) is 19.0. The number of hydrogen-bond donors (Lipinski definition) is 0. The zero-order valence-corrected chi connectivity index (χ0v) is 8.64. The first-order valence-electron chi connectivity index (χ1n) is 4.77. The lowest BCUT2D eigenvalue weighted by atomic mass is 10.1. The number of nitrogens with zero attached hydrogens (tertiary/aromatic N) is 2. The van der Waals surface area contributed by atoms with Crippen LogP contribution in [0.15, 0.2) is 36.5 Å². The van der Waals surface area contributed by atoms with Gasteiger partial charge in [-0.1, -0.05) is 0 Å². The average molecular weight is 216 g/mol. The Morgan fingerprint density at radius 1 is 1.19 bits per heavy atom. The maximum absolute atomic E-state index is 12.7. The Bertz CT molecular complexity index is 523. The number of aromatic nitrogens is 2. The molecular formula is C12H9FN2O. The van der Waals surface area contributed by atoms with Crippen LogP contribution in [-0.4, -0.2) is 15.8 Å². The van der Waals surface area contributed by atoms with Crippen molar-refractivity contribution in [1.82, 2.24) is 9.97 Å². The highest BCUT2D eigenvalue weighted by Gasteiger charge is 2.05. The molecular weight excluding hydrogens is 207 g/mol. The summed E-state index contributed by atoms with van der Waals surface area (Å²) in [5, 5.41) is 0. The van der Waals surface area contributed by atoms with E-state index in [1.807, 2.05) is 0 Å². The molecule has 2 aromatic rings. The number of carbonyl (C=O) groups excluding carboxylic acids is 1. The fraction of sp³-hybridized carbons (Fsp3) is 0.0833. The van der Waals surface area contributed by atoms with Crippen molar-refractivity contribution in [3.63, 3.8) is 0 Å². The van der Waals surface area contributed by atoms with Gasteiger partial charge in [0.2, 0.25) is 0 Å². The Kier molecular flexibility index (Phi) is 2.72. The Hall–Kier alpha value is -2.10. The van der Waals surface area contributed by atoms with Crippen LogP contribution in [0.1, 0.15) is 17.5 Å². The largest absolute Gasteiger partial charge is 0.291 e. The second-order valence-corrected chi connectivity index (χ2v) is 3.33. The summed E-state index contributed by atoms with van der Waals surface area (Å²) in [5.41, 5.74) is 1.37. The molecule has 0 amide bonds. The molecule has 1 aromatic carbocycles. The van der Waals surface area contributed by atoms with Gasteiger partial charge in [-0.15, -0.1) is 0 Å². The molecule has 1 heterocycles. The number of rotatable bonds is 2. The van der Waals surface area contributed by atoms with E-state index in [4.69, 9.17) is 0 Å². The van der Waals surface area contributed by atoms with Crippen LogP contribution >= 0.6 is 0 Å². The minimum Gasteiger partial charge on any atom is -0.291 e. The lowest BCUT2D eigenvalue weighted by Crippen LogP contribution is -2.01. The molecule has 2 rings (SSSR count). The first-order valence-corrected chi connectivity index (χ1v) is 4.77. The first-order chi connectivity index (χ1) is 7.66. The van der Waals surface area contributed by atoms with Crippen LogP contribution in [0, 0.1) is 5.82 Å². The minimum atomic E-state index is -0.301. The monoisotopic (exact) mass is 216 g/mol. The maximum Gasteiger partial charge on any atom is 0.196 e. The quantitative estimate of drug-likeness (QED) is 0.724. The second kappa shape index (κ2) is 4.18. The SMILES string of the molecule is CC(=O)c1nccc(-c2ccc(F)cc2)n1. The molecule has 0 bridgehead atoms. The van der Waals surface area contributed by atoms with Crippen molar-refractivity contribution in [2.45, 2.75) is 6.92 Å². The summed E-state index contributed by atoms with van der Waals surface area (Å²) in [6.45, 7) is 1.41. The average Bonchev–Trinajstić information content (AvgIpc) is 2.30. The van der Waals surface area contributed by atoms with Crippen LogP contribution < -0.4 is 0 Å². The highest BCUT2D eigenvalue weighted by Crippen LogP contribution is 2.16. The molecule has 0 aliphatic carbocycles. The van der Waals surface area contributed by atoms with Gasteiger partial charge in [0.1, 0.15) is 5.82 Å². The van der Waals surface area contributed by atoms with E-state index >= 15 is 0 Å². The van der Waals surface area contributed by atoms with E-state index in [0.717, 1.165) is 5.56 Å². The predicted molar refractivity (Wildman–Crippen MR) is 57.4 cm³/mol. The van der Waals surface area contributed by atoms with Crippen LogP contribution in [0.5, 0.6) is 0 Å². The molecule has 3 nitrogen and oxygen atoms in total. The number of halogens is 1. The van der Waals surface area contributed by atoms with Crippen molar-refractivity contribution in [2.75, 3.05) is 0 Å². The van der Waals surface area contributed by atoms with E-state index in [2.05, 4.69) is 9.97 Å². The molecule has 80 valence electrons. The van der Waals surface area contributed by atoms with E-state index in [9.17, 15) is 9.18 Å². The predicted octanol–water partition coefficient (Wildman–Crippen LogP) is 2.49. The van der Waals surface area contributed by atoms with Crippen molar-refractivity contribution < 1.29 is 9.18 Å². The molecule has 0 unspecified atom stereocenters. The third kappa shape index (κ3) is 2.11. The zero-order chi connectivity index (χ0) is 11.5. The normalized spacial score (nSPS) is 10.1. The molecule has 0 atom stereocenters. The topological polar surface area (TPSA) is 42.9 Å². The van der Waals surface area contributed by atoms with E-state index in [1.165, 1.54) is 25.3 Å². The highest BCUT2D eigenvalue weighted by molar-refractivity contribution is 5.90. The van der Waals surface area contributed by atoms with Crippen molar-refractivity contribution in [3.05, 3.63) is 48.2 Å². The molecule has 0 saturated heterocycles. The van der Waals surface area contributed by atoms with E-state index in [1.54, 1.807) is 18.2 Å². The van der Waals surface area contributed by atoms with Gasteiger partial charge in [0.15, 0.2) is 11.6 Å². The zero-order valence-electron chi connectivity index (χ0n) is 8.64. The summed E-state index contributed by atoms with van der Waals surface area (Å²) >= 11 is 0. The Morgan fingerprint density at radius 2 is 1.88 bits per heavy atom. The summed E-state index contributed by atoms with van der Waals surface area (Å²) in [7, 11) is 0. The van der Waals surface area contributed by atoms with Gasteiger partial charge in [0.05, 0.1) is 5.69 Å². The summed E-state index contributed by atoms with van der Waals surface area (Å²) in [5.74, 6) is -0.324. The Morgan fingerprint density at radius 3 is 2.50 bits per heavy atom. The third-order valence-corrected chi connectivity index (χ3v) is 2.11. The summed E-state index contributed by atoms with van der Waals surface area (Å²) in [6.07, 6.45) is 1.52. The van der Waals surface area contributed by atoms with Crippen molar-refractivity contribution in [2.24, 2.45) is 0 Å². The van der Waals surface area contributed by atoms with Gasteiger partial charge in [0.25, 0.3) is 0 Å². The van der Waals surface area contributed by atoms with Crippen molar-refractivity contribution >= 4 is 5.78 Å². The highest BCUT2D eigenvalue weighted by atomic mass is 19.1. The maximum atomic E-state index is 12.7. The lowest BCUT2D eigenvalue weighted by Gasteiger charge is -2.01. The van der Waals surface area contributed by atoms with Gasteiger partial charge in [0, 0.05) is 18.7 Å². The van der Waals surface area contributed by atoms with Gasteiger partial charge < -0.3 is 0 Å². The van der Waals surface area contributed by atoms with Crippen LogP contribution in [0.25, 0.3) is 11.3 Å². The van der Waals surface area contributed by atoms with Gasteiger partial charge in [-0.3, -0.25) is 4.79 Å². The molecule has 0 aliphatic rings. The van der Waals surface area contributed by atoms with Crippen LogP contribution in [0.2, 0.25) is 0 Å². The fourth-order valence-electron chi connectivity index (χ4n) is 1.31.